The van der Waals surface area contributed by atoms with Crippen LogP contribution in [-0.4, -0.2) is 48.0 Å². The van der Waals surface area contributed by atoms with E-state index in [1.165, 1.54) is 0 Å². The molecule has 200 valence electrons. The second-order valence-corrected chi connectivity index (χ2v) is 11.0. The molecule has 1 N–H and O–H groups in total. The summed E-state index contributed by atoms with van der Waals surface area (Å²) in [6.45, 7) is 2.21. The first-order valence-electron chi connectivity index (χ1n) is 12.0. The highest BCUT2D eigenvalue weighted by Crippen LogP contribution is 2.31. The molecule has 0 atom stereocenters. The van der Waals surface area contributed by atoms with Crippen LogP contribution in [-0.2, 0) is 27.7 Å². The Kier molecular flexibility index (Phi) is 9.96. The summed E-state index contributed by atoms with van der Waals surface area (Å²) in [5.74, 6) is -0.366. The summed E-state index contributed by atoms with van der Waals surface area (Å²) < 4.78 is 25.5. The molecule has 1 aromatic heterocycles. The van der Waals surface area contributed by atoms with Crippen LogP contribution in [0.1, 0.15) is 17.7 Å². The highest BCUT2D eigenvalue weighted by Gasteiger charge is 2.25. The minimum atomic E-state index is -3.52. The van der Waals surface area contributed by atoms with Gasteiger partial charge in [0, 0.05) is 37.9 Å². The molecule has 0 radical (unpaired) electrons. The average Bonchev–Trinajstić information content (AvgIpc) is 3.36. The van der Waals surface area contributed by atoms with E-state index in [1.54, 1.807) is 47.8 Å². The Morgan fingerprint density at radius 2 is 1.61 bits per heavy atom. The molecule has 4 aromatic rings. The average molecular weight is 574 g/mol. The fourth-order valence-corrected chi connectivity index (χ4v) is 5.81. The largest absolute Gasteiger partial charge is 0.364 e. The van der Waals surface area contributed by atoms with E-state index >= 15 is 0 Å². The number of carbonyl (C=O) groups is 1. The number of nitrogens with one attached hydrogen (secondary N) is 1. The van der Waals surface area contributed by atoms with Crippen LogP contribution in [0.3, 0.4) is 0 Å². The first-order valence-corrected chi connectivity index (χ1v) is 13.6. The van der Waals surface area contributed by atoms with Crippen LogP contribution < -0.4 is 4.90 Å². The number of aromatic amines is 1. The Morgan fingerprint density at radius 3 is 2.29 bits per heavy atom. The van der Waals surface area contributed by atoms with Crippen molar-refractivity contribution >= 4 is 46.2 Å². The third kappa shape index (κ3) is 6.75. The standard InChI is InChI=1S/C28H28N4O3S.2ClH/c33-28(13-16-36(34,35)26-9-5-2-6-10-26)32-15-14-31(20-25-18-29-21-30-25)27-12-11-23(17-24(27)19-32)22-7-3-1-4-8-22;;/h1-12,17-18,21H,13-16,19-20H2,(H,29,30);2*1H. The summed E-state index contributed by atoms with van der Waals surface area (Å²) in [6.07, 6.45) is 3.42. The third-order valence-electron chi connectivity index (χ3n) is 6.48. The molecule has 0 fully saturated rings. The number of nitrogens with zero attached hydrogens (tertiary/aromatic N) is 3. The van der Waals surface area contributed by atoms with Gasteiger partial charge in [0.05, 0.1) is 29.2 Å². The lowest BCUT2D eigenvalue weighted by Gasteiger charge is -2.24. The molecule has 1 aliphatic heterocycles. The molecule has 38 heavy (non-hydrogen) atoms. The minimum Gasteiger partial charge on any atom is -0.364 e. The molecule has 5 rings (SSSR count). The van der Waals surface area contributed by atoms with Gasteiger partial charge in [0.1, 0.15) is 0 Å². The number of hydrogen-bond donors (Lipinski definition) is 1. The highest BCUT2D eigenvalue weighted by atomic mass is 35.5. The van der Waals surface area contributed by atoms with E-state index < -0.39 is 9.84 Å². The summed E-state index contributed by atoms with van der Waals surface area (Å²) in [7, 11) is -3.52. The van der Waals surface area contributed by atoms with E-state index in [0.29, 0.717) is 26.2 Å². The second-order valence-electron chi connectivity index (χ2n) is 8.91. The summed E-state index contributed by atoms with van der Waals surface area (Å²) in [4.78, 5) is 24.8. The molecular weight excluding hydrogens is 543 g/mol. The summed E-state index contributed by atoms with van der Waals surface area (Å²) >= 11 is 0. The normalized spacial score (nSPS) is 13.1. The van der Waals surface area contributed by atoms with Crippen LogP contribution in [0.15, 0.2) is 96.3 Å². The van der Waals surface area contributed by atoms with Crippen molar-refractivity contribution in [1.82, 2.24) is 14.9 Å². The van der Waals surface area contributed by atoms with Crippen molar-refractivity contribution in [2.45, 2.75) is 24.4 Å². The van der Waals surface area contributed by atoms with Gasteiger partial charge in [-0.2, -0.15) is 0 Å². The predicted molar refractivity (Wildman–Crippen MR) is 155 cm³/mol. The molecular formula is C28H30Cl2N4O3S. The van der Waals surface area contributed by atoms with Gasteiger partial charge in [-0.15, -0.1) is 24.8 Å². The number of anilines is 1. The lowest BCUT2D eigenvalue weighted by molar-refractivity contribution is -0.131. The monoisotopic (exact) mass is 572 g/mol. The fourth-order valence-electron chi connectivity index (χ4n) is 4.56. The molecule has 7 nitrogen and oxygen atoms in total. The molecule has 1 aliphatic rings. The second kappa shape index (κ2) is 13.0. The van der Waals surface area contributed by atoms with Crippen LogP contribution in [0.5, 0.6) is 0 Å². The Labute approximate surface area is 235 Å². The lowest BCUT2D eigenvalue weighted by atomic mass is 10.0. The van der Waals surface area contributed by atoms with Crippen molar-refractivity contribution < 1.29 is 13.2 Å². The number of halogens is 2. The van der Waals surface area contributed by atoms with E-state index in [1.807, 2.05) is 18.2 Å². The number of imidazole rings is 1. The molecule has 0 bridgehead atoms. The Bertz CT molecular complexity index is 1430. The van der Waals surface area contributed by atoms with E-state index in [9.17, 15) is 13.2 Å². The Morgan fingerprint density at radius 1 is 0.895 bits per heavy atom. The molecule has 0 aliphatic carbocycles. The highest BCUT2D eigenvalue weighted by molar-refractivity contribution is 7.91. The zero-order chi connectivity index (χ0) is 25.0. The first kappa shape index (κ1) is 29.2. The van der Waals surface area contributed by atoms with Gasteiger partial charge in [-0.1, -0.05) is 54.6 Å². The van der Waals surface area contributed by atoms with Gasteiger partial charge >= 0.3 is 0 Å². The van der Waals surface area contributed by atoms with E-state index in [0.717, 1.165) is 28.1 Å². The van der Waals surface area contributed by atoms with E-state index in [2.05, 4.69) is 45.2 Å². The van der Waals surface area contributed by atoms with Crippen molar-refractivity contribution in [3.8, 4) is 11.1 Å². The van der Waals surface area contributed by atoms with Crippen molar-refractivity contribution in [2.24, 2.45) is 0 Å². The van der Waals surface area contributed by atoms with Crippen LogP contribution in [0.2, 0.25) is 0 Å². The predicted octanol–water partition coefficient (Wildman–Crippen LogP) is 5.13. The summed E-state index contributed by atoms with van der Waals surface area (Å²) in [6, 6.07) is 24.8. The van der Waals surface area contributed by atoms with Crippen LogP contribution in [0.25, 0.3) is 11.1 Å². The molecule has 10 heteroatoms. The van der Waals surface area contributed by atoms with Gasteiger partial charge in [-0.25, -0.2) is 13.4 Å². The number of H-pyrrole nitrogens is 1. The summed E-state index contributed by atoms with van der Waals surface area (Å²) in [5.41, 5.74) is 5.28. The molecule has 2 heterocycles. The summed E-state index contributed by atoms with van der Waals surface area (Å²) in [5, 5.41) is 0. The number of fused-ring (bicyclic) bond motifs is 1. The number of carbonyl (C=O) groups excluding carboxylic acids is 1. The van der Waals surface area contributed by atoms with Gasteiger partial charge in [0.25, 0.3) is 0 Å². The van der Waals surface area contributed by atoms with Crippen molar-refractivity contribution in [3.63, 3.8) is 0 Å². The van der Waals surface area contributed by atoms with Crippen molar-refractivity contribution in [1.29, 1.82) is 0 Å². The van der Waals surface area contributed by atoms with Gasteiger partial charge in [0.2, 0.25) is 5.91 Å². The topological polar surface area (TPSA) is 86.4 Å². The van der Waals surface area contributed by atoms with Crippen molar-refractivity contribution in [3.05, 3.63) is 103 Å². The van der Waals surface area contributed by atoms with Gasteiger partial charge in [-0.3, -0.25) is 4.79 Å². The maximum atomic E-state index is 13.2. The van der Waals surface area contributed by atoms with Crippen LogP contribution in [0, 0.1) is 0 Å². The molecule has 0 unspecified atom stereocenters. The number of hydrogen-bond acceptors (Lipinski definition) is 5. The molecule has 0 spiro atoms. The van der Waals surface area contributed by atoms with Gasteiger partial charge < -0.3 is 14.8 Å². The first-order chi connectivity index (χ1) is 17.5. The lowest BCUT2D eigenvalue weighted by Crippen LogP contribution is -2.36. The minimum absolute atomic E-state index is 0. The van der Waals surface area contributed by atoms with E-state index in [4.69, 9.17) is 0 Å². The molecule has 3 aromatic carbocycles. The third-order valence-corrected chi connectivity index (χ3v) is 8.22. The fraction of sp³-hybridized carbons (Fsp3) is 0.214. The number of rotatable bonds is 7. The maximum absolute atomic E-state index is 13.2. The van der Waals surface area contributed by atoms with E-state index in [-0.39, 0.29) is 47.8 Å². The number of amides is 1. The SMILES string of the molecule is Cl.Cl.O=C(CCS(=O)(=O)c1ccccc1)N1CCN(Cc2cnc[nH]2)c2ccc(-c3ccccc3)cc2C1. The van der Waals surface area contributed by atoms with Gasteiger partial charge in [0.15, 0.2) is 9.84 Å². The van der Waals surface area contributed by atoms with Crippen LogP contribution >= 0.6 is 24.8 Å². The van der Waals surface area contributed by atoms with Crippen LogP contribution in [0.4, 0.5) is 5.69 Å². The van der Waals surface area contributed by atoms with Gasteiger partial charge in [-0.05, 0) is 41.0 Å². The number of benzene rings is 3. The Balaban J connectivity index is 0.00000200. The molecule has 1 amide bonds. The molecule has 0 saturated heterocycles. The zero-order valence-corrected chi connectivity index (χ0v) is 23.1. The smallest absolute Gasteiger partial charge is 0.223 e. The van der Waals surface area contributed by atoms with Crippen molar-refractivity contribution in [2.75, 3.05) is 23.7 Å². The quantitative estimate of drug-likeness (QED) is 0.331. The number of sulfone groups is 1. The maximum Gasteiger partial charge on any atom is 0.223 e. The zero-order valence-electron chi connectivity index (χ0n) is 20.7. The number of aromatic nitrogens is 2. The molecule has 0 saturated carbocycles. The Hall–Kier alpha value is -3.33.